The maximum atomic E-state index is 11.9. The minimum absolute atomic E-state index is 0.0351. The van der Waals surface area contributed by atoms with Crippen LogP contribution in [0.1, 0.15) is 50.4 Å². The Bertz CT molecular complexity index is 458. The largest absolute Gasteiger partial charge is 0.353 e. The van der Waals surface area contributed by atoms with Crippen LogP contribution >= 0.6 is 0 Å². The molecule has 1 amide bonds. The first-order valence-corrected chi connectivity index (χ1v) is 6.90. The highest BCUT2D eigenvalue weighted by atomic mass is 16.2. The number of hydrogen-bond acceptors (Lipinski definition) is 3. The highest BCUT2D eigenvalue weighted by Crippen LogP contribution is 2.37. The zero-order chi connectivity index (χ0) is 14.0. The van der Waals surface area contributed by atoms with E-state index in [4.69, 9.17) is 5.73 Å². The topological polar surface area (TPSA) is 67.2 Å². The van der Waals surface area contributed by atoms with Crippen molar-refractivity contribution in [3.8, 4) is 0 Å². The van der Waals surface area contributed by atoms with E-state index in [0.29, 0.717) is 0 Å². The van der Waals surface area contributed by atoms with E-state index in [1.165, 1.54) is 11.1 Å². The summed E-state index contributed by atoms with van der Waals surface area (Å²) in [6.45, 7) is 5.82. The van der Waals surface area contributed by atoms with E-state index in [9.17, 15) is 4.79 Å². The van der Waals surface area contributed by atoms with E-state index in [2.05, 4.69) is 22.8 Å². The van der Waals surface area contributed by atoms with Crippen LogP contribution in [0.25, 0.3) is 0 Å². The fourth-order valence-electron chi connectivity index (χ4n) is 2.62. The molecule has 0 aliphatic heterocycles. The number of hydrogen-bond donors (Lipinski definition) is 3. The molecule has 4 nitrogen and oxygen atoms in total. The number of nitrogens with two attached hydrogens (primary N) is 1. The Kier molecular flexibility index (Phi) is 4.22. The summed E-state index contributed by atoms with van der Waals surface area (Å²) in [6, 6.07) is 8.36. The fourth-order valence-corrected chi connectivity index (χ4v) is 2.62. The van der Waals surface area contributed by atoms with Crippen molar-refractivity contribution in [3.63, 3.8) is 0 Å². The molecule has 0 heterocycles. The van der Waals surface area contributed by atoms with Crippen molar-refractivity contribution in [2.24, 2.45) is 5.73 Å². The molecule has 1 aromatic carbocycles. The van der Waals surface area contributed by atoms with Crippen molar-refractivity contribution in [1.29, 1.82) is 0 Å². The summed E-state index contributed by atoms with van der Waals surface area (Å²) in [5.41, 5.74) is 8.54. The lowest BCUT2D eigenvalue weighted by atomic mass is 10.1. The van der Waals surface area contributed by atoms with Gasteiger partial charge in [0.05, 0.1) is 6.04 Å². The smallest absolute Gasteiger partial charge is 0.237 e. The van der Waals surface area contributed by atoms with Crippen molar-refractivity contribution in [2.45, 2.75) is 51.4 Å². The van der Waals surface area contributed by atoms with E-state index < -0.39 is 0 Å². The normalized spacial score (nSPS) is 23.2. The molecule has 1 aliphatic rings. The molecule has 2 rings (SSSR count). The van der Waals surface area contributed by atoms with E-state index >= 15 is 0 Å². The first-order chi connectivity index (χ1) is 8.99. The van der Waals surface area contributed by atoms with Gasteiger partial charge in [0.1, 0.15) is 0 Å². The molecule has 0 bridgehead atoms. The van der Waals surface area contributed by atoms with Crippen LogP contribution in [-0.2, 0) is 4.79 Å². The van der Waals surface area contributed by atoms with Crippen LogP contribution in [0.3, 0.4) is 0 Å². The summed E-state index contributed by atoms with van der Waals surface area (Å²) in [4.78, 5) is 11.9. The molecular formula is C15H23N3O. The second-order valence-electron chi connectivity index (χ2n) is 5.58. The number of fused-ring (bicyclic) bond motifs is 1. The van der Waals surface area contributed by atoms with E-state index in [-0.39, 0.29) is 30.1 Å². The zero-order valence-corrected chi connectivity index (χ0v) is 11.8. The Hall–Kier alpha value is -1.39. The summed E-state index contributed by atoms with van der Waals surface area (Å²) in [6.07, 6.45) is 0.846. The first kappa shape index (κ1) is 14.0. The third kappa shape index (κ3) is 3.14. The molecule has 3 unspecified atom stereocenters. The molecule has 1 aromatic rings. The number of benzene rings is 1. The molecule has 3 atom stereocenters. The predicted molar refractivity (Wildman–Crippen MR) is 76.6 cm³/mol. The maximum absolute atomic E-state index is 11.9. The van der Waals surface area contributed by atoms with Crippen molar-refractivity contribution in [1.82, 2.24) is 10.6 Å². The van der Waals surface area contributed by atoms with E-state index in [0.717, 1.165) is 6.42 Å². The molecule has 4 N–H and O–H groups in total. The average molecular weight is 261 g/mol. The minimum Gasteiger partial charge on any atom is -0.353 e. The lowest BCUT2D eigenvalue weighted by Crippen LogP contribution is -2.45. The fraction of sp³-hybridized carbons (Fsp3) is 0.533. The molecule has 4 heteroatoms. The van der Waals surface area contributed by atoms with Gasteiger partial charge in [-0.25, -0.2) is 0 Å². The number of carbonyl (C=O) groups excluding carboxylic acids is 1. The van der Waals surface area contributed by atoms with Gasteiger partial charge in [-0.15, -0.1) is 0 Å². The standard InChI is InChI=1S/C15H23N3O/c1-9(2)17-15(19)10(3)18-14-8-13(16)11-6-4-5-7-12(11)14/h4-7,9-10,13-14,18H,8,16H2,1-3H3,(H,17,19). The molecule has 0 fully saturated rings. The summed E-state index contributed by atoms with van der Waals surface area (Å²) < 4.78 is 0. The van der Waals surface area contributed by atoms with Crippen LogP contribution in [0.4, 0.5) is 0 Å². The SMILES string of the molecule is CC(C)NC(=O)C(C)NC1CC(N)c2ccccc21. The van der Waals surface area contributed by atoms with Gasteiger partial charge in [0.2, 0.25) is 5.91 Å². The molecule has 0 spiro atoms. The maximum Gasteiger partial charge on any atom is 0.237 e. The lowest BCUT2D eigenvalue weighted by molar-refractivity contribution is -0.123. The molecule has 0 aromatic heterocycles. The zero-order valence-electron chi connectivity index (χ0n) is 11.8. The highest BCUT2D eigenvalue weighted by Gasteiger charge is 2.30. The van der Waals surface area contributed by atoms with E-state index in [1.807, 2.05) is 32.9 Å². The predicted octanol–water partition coefficient (Wildman–Crippen LogP) is 1.63. The van der Waals surface area contributed by atoms with Crippen LogP contribution in [0.5, 0.6) is 0 Å². The van der Waals surface area contributed by atoms with Crippen LogP contribution in [0.2, 0.25) is 0 Å². The molecule has 0 saturated heterocycles. The third-order valence-corrected chi connectivity index (χ3v) is 3.54. The Morgan fingerprint density at radius 2 is 1.89 bits per heavy atom. The Balaban J connectivity index is 2.03. The second kappa shape index (κ2) is 5.72. The van der Waals surface area contributed by atoms with Crippen LogP contribution in [0.15, 0.2) is 24.3 Å². The van der Waals surface area contributed by atoms with Gasteiger partial charge in [-0.2, -0.15) is 0 Å². The molecule has 0 radical (unpaired) electrons. The molecule has 0 saturated carbocycles. The minimum atomic E-state index is -0.217. The van der Waals surface area contributed by atoms with Crippen molar-refractivity contribution < 1.29 is 4.79 Å². The average Bonchev–Trinajstić information content (AvgIpc) is 2.66. The first-order valence-electron chi connectivity index (χ1n) is 6.90. The Morgan fingerprint density at radius 1 is 1.26 bits per heavy atom. The highest BCUT2D eigenvalue weighted by molar-refractivity contribution is 5.81. The lowest BCUT2D eigenvalue weighted by Gasteiger charge is -2.21. The van der Waals surface area contributed by atoms with Gasteiger partial charge in [-0.05, 0) is 38.3 Å². The van der Waals surface area contributed by atoms with Crippen LogP contribution in [-0.4, -0.2) is 18.0 Å². The van der Waals surface area contributed by atoms with Gasteiger partial charge < -0.3 is 11.1 Å². The summed E-state index contributed by atoms with van der Waals surface area (Å²) in [5.74, 6) is 0.0351. The summed E-state index contributed by atoms with van der Waals surface area (Å²) in [7, 11) is 0. The molecule has 19 heavy (non-hydrogen) atoms. The third-order valence-electron chi connectivity index (χ3n) is 3.54. The van der Waals surface area contributed by atoms with Gasteiger partial charge in [0.25, 0.3) is 0 Å². The van der Waals surface area contributed by atoms with Gasteiger partial charge in [0, 0.05) is 18.1 Å². The van der Waals surface area contributed by atoms with Gasteiger partial charge in [-0.1, -0.05) is 24.3 Å². The van der Waals surface area contributed by atoms with Crippen molar-refractivity contribution in [2.75, 3.05) is 0 Å². The van der Waals surface area contributed by atoms with E-state index in [1.54, 1.807) is 0 Å². The Labute approximate surface area is 114 Å². The quantitative estimate of drug-likeness (QED) is 0.772. The van der Waals surface area contributed by atoms with Crippen molar-refractivity contribution in [3.05, 3.63) is 35.4 Å². The number of rotatable bonds is 4. The molecule has 104 valence electrons. The molecular weight excluding hydrogens is 238 g/mol. The van der Waals surface area contributed by atoms with Gasteiger partial charge in [0.15, 0.2) is 0 Å². The van der Waals surface area contributed by atoms with Gasteiger partial charge >= 0.3 is 0 Å². The number of amides is 1. The van der Waals surface area contributed by atoms with Crippen LogP contribution < -0.4 is 16.4 Å². The van der Waals surface area contributed by atoms with Crippen molar-refractivity contribution >= 4 is 5.91 Å². The monoisotopic (exact) mass is 261 g/mol. The second-order valence-corrected chi connectivity index (χ2v) is 5.58. The van der Waals surface area contributed by atoms with Gasteiger partial charge in [-0.3, -0.25) is 10.1 Å². The number of nitrogens with one attached hydrogen (secondary N) is 2. The summed E-state index contributed by atoms with van der Waals surface area (Å²) >= 11 is 0. The molecule has 1 aliphatic carbocycles. The Morgan fingerprint density at radius 3 is 2.53 bits per heavy atom. The number of carbonyl (C=O) groups is 1. The summed E-state index contributed by atoms with van der Waals surface area (Å²) in [5, 5.41) is 6.30. The van der Waals surface area contributed by atoms with Crippen LogP contribution in [0, 0.1) is 0 Å².